The maximum atomic E-state index is 11.6. The van der Waals surface area contributed by atoms with Gasteiger partial charge in [-0.05, 0) is 27.2 Å². The fourth-order valence-electron chi connectivity index (χ4n) is 1.57. The molecule has 0 saturated heterocycles. The Morgan fingerprint density at radius 3 is 2.12 bits per heavy atom. The Kier molecular flexibility index (Phi) is 7.19. The number of sulfone groups is 1. The number of hydrogen-bond acceptors (Lipinski definition) is 4. The van der Waals surface area contributed by atoms with Crippen LogP contribution in [0.1, 0.15) is 34.1 Å². The summed E-state index contributed by atoms with van der Waals surface area (Å²) in [6, 6.07) is 0.256. The van der Waals surface area contributed by atoms with Gasteiger partial charge in [-0.25, -0.2) is 8.42 Å². The normalized spacial score (nSPS) is 14.7. The van der Waals surface area contributed by atoms with Crippen LogP contribution >= 0.6 is 0 Å². The van der Waals surface area contributed by atoms with Crippen molar-refractivity contribution in [2.24, 2.45) is 0 Å². The highest BCUT2D eigenvalue weighted by molar-refractivity contribution is 7.91. The van der Waals surface area contributed by atoms with Crippen molar-refractivity contribution < 1.29 is 13.5 Å². The van der Waals surface area contributed by atoms with Gasteiger partial charge in [0, 0.05) is 24.9 Å². The Balaban J connectivity index is 4.22. The number of aliphatic hydroxyl groups excluding tert-OH is 1. The zero-order valence-electron chi connectivity index (χ0n) is 10.8. The van der Waals surface area contributed by atoms with E-state index in [4.69, 9.17) is 0 Å². The first kappa shape index (κ1) is 15.9. The lowest BCUT2D eigenvalue weighted by Crippen LogP contribution is -2.39. The van der Waals surface area contributed by atoms with E-state index in [0.717, 1.165) is 0 Å². The lowest BCUT2D eigenvalue weighted by Gasteiger charge is -2.27. The predicted octanol–water partition coefficient (Wildman–Crippen LogP) is 0.902. The minimum Gasteiger partial charge on any atom is -0.392 e. The van der Waals surface area contributed by atoms with Gasteiger partial charge in [0.05, 0.1) is 11.9 Å². The molecule has 0 aromatic carbocycles. The van der Waals surface area contributed by atoms with Crippen LogP contribution in [-0.4, -0.2) is 55.2 Å². The van der Waals surface area contributed by atoms with Gasteiger partial charge in [0.1, 0.15) is 0 Å². The maximum absolute atomic E-state index is 11.6. The highest BCUT2D eigenvalue weighted by Gasteiger charge is 2.16. The molecule has 98 valence electrons. The van der Waals surface area contributed by atoms with Crippen LogP contribution in [0.5, 0.6) is 0 Å². The number of aliphatic hydroxyl groups is 1. The van der Waals surface area contributed by atoms with Gasteiger partial charge in [-0.1, -0.05) is 6.92 Å². The van der Waals surface area contributed by atoms with Crippen molar-refractivity contribution >= 4 is 9.84 Å². The summed E-state index contributed by atoms with van der Waals surface area (Å²) in [5.41, 5.74) is 0. The summed E-state index contributed by atoms with van der Waals surface area (Å²) in [7, 11) is -2.92. The molecule has 5 heteroatoms. The Labute approximate surface area is 99.6 Å². The Hall–Kier alpha value is -0.130. The van der Waals surface area contributed by atoms with E-state index >= 15 is 0 Å². The monoisotopic (exact) mass is 251 g/mol. The molecule has 1 unspecified atom stereocenters. The summed E-state index contributed by atoms with van der Waals surface area (Å²) in [6.45, 7) is 8.64. The van der Waals surface area contributed by atoms with E-state index < -0.39 is 15.9 Å². The molecule has 0 aliphatic rings. The molecule has 0 rings (SSSR count). The lowest BCUT2D eigenvalue weighted by atomic mass is 10.3. The van der Waals surface area contributed by atoms with Crippen LogP contribution in [-0.2, 0) is 9.84 Å². The quantitative estimate of drug-likeness (QED) is 0.696. The molecule has 0 aliphatic carbocycles. The van der Waals surface area contributed by atoms with E-state index in [0.29, 0.717) is 19.5 Å². The number of nitrogens with zero attached hydrogens (tertiary/aromatic N) is 1. The van der Waals surface area contributed by atoms with Gasteiger partial charge in [0.2, 0.25) is 0 Å². The van der Waals surface area contributed by atoms with Gasteiger partial charge in [0.15, 0.2) is 9.84 Å². The molecule has 0 amide bonds. The van der Waals surface area contributed by atoms with Gasteiger partial charge in [-0.2, -0.15) is 0 Å². The molecule has 0 bridgehead atoms. The van der Waals surface area contributed by atoms with E-state index in [1.807, 2.05) is 25.7 Å². The third-order valence-corrected chi connectivity index (χ3v) is 4.27. The zero-order chi connectivity index (χ0) is 12.8. The maximum Gasteiger partial charge on any atom is 0.151 e. The molecular weight excluding hydrogens is 226 g/mol. The van der Waals surface area contributed by atoms with E-state index in [-0.39, 0.29) is 17.5 Å². The molecule has 1 N–H and O–H groups in total. The molecule has 0 saturated carbocycles. The Morgan fingerprint density at radius 1 is 1.19 bits per heavy atom. The van der Waals surface area contributed by atoms with E-state index in [9.17, 15) is 13.5 Å². The van der Waals surface area contributed by atoms with Crippen LogP contribution in [0.3, 0.4) is 0 Å². The molecule has 0 aromatic rings. The summed E-state index contributed by atoms with van der Waals surface area (Å²) < 4.78 is 23.1. The lowest BCUT2D eigenvalue weighted by molar-refractivity contribution is 0.112. The average molecular weight is 251 g/mol. The van der Waals surface area contributed by atoms with E-state index in [1.54, 1.807) is 6.92 Å². The van der Waals surface area contributed by atoms with E-state index in [2.05, 4.69) is 0 Å². The van der Waals surface area contributed by atoms with Gasteiger partial charge in [0.25, 0.3) is 0 Å². The SMILES string of the molecule is CCCS(=O)(=O)CCN(CC(C)O)C(C)C. The van der Waals surface area contributed by atoms with E-state index in [1.165, 1.54) is 0 Å². The Morgan fingerprint density at radius 2 is 1.75 bits per heavy atom. The van der Waals surface area contributed by atoms with Gasteiger partial charge in [-0.3, -0.25) is 4.90 Å². The van der Waals surface area contributed by atoms with Crippen molar-refractivity contribution in [1.82, 2.24) is 4.90 Å². The highest BCUT2D eigenvalue weighted by atomic mass is 32.2. The molecule has 0 aromatic heterocycles. The first-order valence-corrected chi connectivity index (χ1v) is 7.73. The van der Waals surface area contributed by atoms with Crippen LogP contribution in [0.4, 0.5) is 0 Å². The zero-order valence-corrected chi connectivity index (χ0v) is 11.6. The van der Waals surface area contributed by atoms with Crippen LogP contribution in [0.25, 0.3) is 0 Å². The Bertz CT molecular complexity index is 273. The highest BCUT2D eigenvalue weighted by Crippen LogP contribution is 2.02. The summed E-state index contributed by atoms with van der Waals surface area (Å²) in [6.07, 6.45) is 0.247. The minimum absolute atomic E-state index is 0.186. The van der Waals surface area contributed by atoms with Crippen molar-refractivity contribution in [3.05, 3.63) is 0 Å². The molecule has 0 aliphatic heterocycles. The largest absolute Gasteiger partial charge is 0.392 e. The van der Waals surface area contributed by atoms with Crippen molar-refractivity contribution in [2.75, 3.05) is 24.6 Å². The van der Waals surface area contributed by atoms with Gasteiger partial charge < -0.3 is 5.11 Å². The second-order valence-electron chi connectivity index (χ2n) is 4.59. The fraction of sp³-hybridized carbons (Fsp3) is 1.00. The second kappa shape index (κ2) is 7.25. The minimum atomic E-state index is -2.92. The van der Waals surface area contributed by atoms with Gasteiger partial charge in [-0.15, -0.1) is 0 Å². The van der Waals surface area contributed by atoms with Crippen LogP contribution < -0.4 is 0 Å². The molecule has 1 atom stereocenters. The smallest absolute Gasteiger partial charge is 0.151 e. The molecule has 0 heterocycles. The molecule has 0 spiro atoms. The average Bonchev–Trinajstić information content (AvgIpc) is 2.11. The van der Waals surface area contributed by atoms with Crippen LogP contribution in [0, 0.1) is 0 Å². The fourth-order valence-corrected chi connectivity index (χ4v) is 2.91. The first-order valence-electron chi connectivity index (χ1n) is 5.91. The third-order valence-electron chi connectivity index (χ3n) is 2.43. The topological polar surface area (TPSA) is 57.6 Å². The summed E-state index contributed by atoms with van der Waals surface area (Å²) in [5.74, 6) is 0.444. The summed E-state index contributed by atoms with van der Waals surface area (Å²) >= 11 is 0. The summed E-state index contributed by atoms with van der Waals surface area (Å²) in [4.78, 5) is 2.00. The van der Waals surface area contributed by atoms with Crippen LogP contribution in [0.2, 0.25) is 0 Å². The van der Waals surface area contributed by atoms with Crippen molar-refractivity contribution in [1.29, 1.82) is 0 Å². The van der Waals surface area contributed by atoms with Crippen LogP contribution in [0.15, 0.2) is 0 Å². The second-order valence-corrected chi connectivity index (χ2v) is 6.89. The predicted molar refractivity (Wildman–Crippen MR) is 67.3 cm³/mol. The van der Waals surface area contributed by atoms with Crippen molar-refractivity contribution in [3.8, 4) is 0 Å². The molecule has 0 radical (unpaired) electrons. The van der Waals surface area contributed by atoms with Gasteiger partial charge >= 0.3 is 0 Å². The molecule has 4 nitrogen and oxygen atoms in total. The van der Waals surface area contributed by atoms with Crippen molar-refractivity contribution in [2.45, 2.75) is 46.3 Å². The van der Waals surface area contributed by atoms with Crippen molar-refractivity contribution in [3.63, 3.8) is 0 Å². The number of rotatable bonds is 8. The third kappa shape index (κ3) is 7.19. The number of hydrogen-bond donors (Lipinski definition) is 1. The standard InChI is InChI=1S/C11H25NO3S/c1-5-7-16(14,15)8-6-12(10(2)3)9-11(4)13/h10-11,13H,5-9H2,1-4H3. The molecular formula is C11H25NO3S. The summed E-state index contributed by atoms with van der Waals surface area (Å²) in [5, 5.41) is 9.31. The molecule has 0 fully saturated rings. The first-order chi connectivity index (χ1) is 7.28. The molecule has 16 heavy (non-hydrogen) atoms.